The molecule has 2 amide bonds. The predicted molar refractivity (Wildman–Crippen MR) is 149 cm³/mol. The number of aliphatic hydroxyl groups is 2. The van der Waals surface area contributed by atoms with Crippen LogP contribution in [0.2, 0.25) is 0 Å². The fourth-order valence-electron chi connectivity index (χ4n) is 4.68. The van der Waals surface area contributed by atoms with Gasteiger partial charge in [-0.3, -0.25) is 9.59 Å². The van der Waals surface area contributed by atoms with E-state index in [9.17, 15) is 37.4 Å². The van der Waals surface area contributed by atoms with Gasteiger partial charge in [0.25, 0.3) is 5.91 Å². The lowest BCUT2D eigenvalue weighted by Crippen LogP contribution is -2.52. The van der Waals surface area contributed by atoms with Gasteiger partial charge < -0.3 is 35.1 Å². The predicted octanol–water partition coefficient (Wildman–Crippen LogP) is 3.58. The Balaban J connectivity index is 1.74. The molecule has 0 saturated heterocycles. The molecule has 0 fully saturated rings. The number of pyridine rings is 1. The van der Waals surface area contributed by atoms with E-state index in [-0.39, 0.29) is 52.8 Å². The number of carbonyl (C=O) groups is 2. The molecule has 0 bridgehead atoms. The second-order valence-corrected chi connectivity index (χ2v) is 10.6. The zero-order chi connectivity index (χ0) is 32.4. The Hall–Kier alpha value is -4.43. The third-order valence-electron chi connectivity index (χ3n) is 6.95. The highest BCUT2D eigenvalue weighted by molar-refractivity contribution is 5.95. The Morgan fingerprint density at radius 1 is 1.14 bits per heavy atom. The lowest BCUT2D eigenvalue weighted by Gasteiger charge is -2.32. The van der Waals surface area contributed by atoms with E-state index >= 15 is 0 Å². The molecule has 1 aliphatic heterocycles. The molecule has 14 heteroatoms. The monoisotopic (exact) mass is 621 g/mol. The number of aromatic nitrogens is 1. The van der Waals surface area contributed by atoms with Crippen molar-refractivity contribution in [3.8, 4) is 28.5 Å². The van der Waals surface area contributed by atoms with E-state index in [1.807, 2.05) is 0 Å². The quantitative estimate of drug-likeness (QED) is 0.252. The van der Waals surface area contributed by atoms with Crippen LogP contribution in [0.4, 0.5) is 17.6 Å². The molecule has 3 aromatic rings. The molecule has 10 nitrogen and oxygen atoms in total. The van der Waals surface area contributed by atoms with Crippen LogP contribution in [0.5, 0.6) is 17.2 Å². The number of fused-ring (bicyclic) bond motifs is 1. The molecule has 0 saturated carbocycles. The van der Waals surface area contributed by atoms with Crippen LogP contribution < -0.4 is 24.8 Å². The minimum atomic E-state index is -5.35. The first-order valence-corrected chi connectivity index (χ1v) is 13.4. The average molecular weight is 622 g/mol. The van der Waals surface area contributed by atoms with Gasteiger partial charge in [0.2, 0.25) is 11.5 Å². The van der Waals surface area contributed by atoms with Crippen LogP contribution in [0.25, 0.3) is 11.3 Å². The molecule has 1 aliphatic rings. The summed E-state index contributed by atoms with van der Waals surface area (Å²) in [5, 5.41) is 25.4. The highest BCUT2D eigenvalue weighted by Gasteiger charge is 2.57. The summed E-state index contributed by atoms with van der Waals surface area (Å²) in [5.41, 5.74) is -5.83. The van der Waals surface area contributed by atoms with Crippen molar-refractivity contribution in [3.05, 3.63) is 71.2 Å². The van der Waals surface area contributed by atoms with Crippen molar-refractivity contribution in [2.45, 2.75) is 44.2 Å². The van der Waals surface area contributed by atoms with Crippen LogP contribution in [-0.4, -0.2) is 66.2 Å². The van der Waals surface area contributed by atoms with Gasteiger partial charge in [-0.1, -0.05) is 0 Å². The molecule has 0 spiro atoms. The van der Waals surface area contributed by atoms with Crippen LogP contribution in [0.3, 0.4) is 0 Å². The lowest BCUT2D eigenvalue weighted by molar-refractivity contribution is -0.265. The molecule has 3 atom stereocenters. The zero-order valence-corrected chi connectivity index (χ0v) is 24.2. The summed E-state index contributed by atoms with van der Waals surface area (Å²) in [7, 11) is 1.30. The Bertz CT molecular complexity index is 1550. The van der Waals surface area contributed by atoms with Crippen LogP contribution in [0, 0.1) is 5.82 Å². The number of methoxy groups -OCH3 is 1. The Morgan fingerprint density at radius 3 is 2.41 bits per heavy atom. The molecular weight excluding hydrogens is 590 g/mol. The maximum Gasteiger partial charge on any atom is 0.424 e. The number of ether oxygens (including phenoxy) is 3. The summed E-state index contributed by atoms with van der Waals surface area (Å²) in [5.74, 6) is -1.72. The van der Waals surface area contributed by atoms with Crippen molar-refractivity contribution in [2.75, 3.05) is 26.9 Å². The molecule has 0 aliphatic carbocycles. The summed E-state index contributed by atoms with van der Waals surface area (Å²) in [4.78, 5) is 29.1. The SMILES string of the molecule is COc1cc(C(=O)NCC(O)(c2cc3c(c(-c4ccc(F)cc4)n2)OC[C@@]3(C)NC(C)=O)C(F)(F)F)ccc1OC[C@@H](C)O. The highest BCUT2D eigenvalue weighted by atomic mass is 19.4. The highest BCUT2D eigenvalue weighted by Crippen LogP contribution is 2.47. The minimum Gasteiger partial charge on any atom is -0.493 e. The minimum absolute atomic E-state index is 0.0511. The topological polar surface area (TPSA) is 139 Å². The normalized spacial score (nSPS) is 18.0. The molecule has 4 rings (SSSR count). The Labute approximate surface area is 250 Å². The van der Waals surface area contributed by atoms with Gasteiger partial charge in [0.1, 0.15) is 30.3 Å². The van der Waals surface area contributed by atoms with E-state index in [1.165, 1.54) is 58.2 Å². The van der Waals surface area contributed by atoms with E-state index < -0.39 is 53.3 Å². The number of rotatable bonds is 10. The molecule has 1 unspecified atom stereocenters. The maximum atomic E-state index is 14.7. The van der Waals surface area contributed by atoms with Crippen molar-refractivity contribution >= 4 is 11.8 Å². The van der Waals surface area contributed by atoms with Gasteiger partial charge in [0.05, 0.1) is 25.5 Å². The van der Waals surface area contributed by atoms with Gasteiger partial charge in [-0.2, -0.15) is 13.2 Å². The van der Waals surface area contributed by atoms with Gasteiger partial charge in [0, 0.05) is 23.6 Å². The largest absolute Gasteiger partial charge is 0.493 e. The van der Waals surface area contributed by atoms with Crippen LogP contribution in [0.1, 0.15) is 42.4 Å². The maximum absolute atomic E-state index is 14.7. The number of nitrogens with one attached hydrogen (secondary N) is 2. The van der Waals surface area contributed by atoms with E-state index in [1.54, 1.807) is 0 Å². The van der Waals surface area contributed by atoms with Crippen molar-refractivity contribution < 1.29 is 51.6 Å². The van der Waals surface area contributed by atoms with E-state index in [0.29, 0.717) is 0 Å². The first-order valence-electron chi connectivity index (χ1n) is 13.4. The molecule has 0 radical (unpaired) electrons. The van der Waals surface area contributed by atoms with Crippen LogP contribution >= 0.6 is 0 Å². The molecule has 4 N–H and O–H groups in total. The fraction of sp³-hybridized carbons (Fsp3) is 0.367. The summed E-state index contributed by atoms with van der Waals surface area (Å²) in [6.45, 7) is 2.71. The molecule has 2 aromatic carbocycles. The van der Waals surface area contributed by atoms with Crippen molar-refractivity contribution in [3.63, 3.8) is 0 Å². The van der Waals surface area contributed by atoms with Gasteiger partial charge in [-0.15, -0.1) is 0 Å². The first kappa shape index (κ1) is 32.5. The summed E-state index contributed by atoms with van der Waals surface area (Å²) in [6.07, 6.45) is -6.14. The van der Waals surface area contributed by atoms with E-state index in [2.05, 4.69) is 15.6 Å². The van der Waals surface area contributed by atoms with Gasteiger partial charge in [-0.05, 0) is 62.4 Å². The Kier molecular flexibility index (Phi) is 9.07. The van der Waals surface area contributed by atoms with Gasteiger partial charge >= 0.3 is 6.18 Å². The van der Waals surface area contributed by atoms with E-state index in [4.69, 9.17) is 14.2 Å². The lowest BCUT2D eigenvalue weighted by atomic mass is 9.88. The zero-order valence-electron chi connectivity index (χ0n) is 24.2. The average Bonchev–Trinajstić information content (AvgIpc) is 3.29. The number of halogens is 4. The van der Waals surface area contributed by atoms with Crippen LogP contribution in [0.15, 0.2) is 48.5 Å². The number of aliphatic hydroxyl groups excluding tert-OH is 1. The third kappa shape index (κ3) is 6.55. The van der Waals surface area contributed by atoms with Gasteiger partial charge in [0.15, 0.2) is 17.2 Å². The van der Waals surface area contributed by atoms with Crippen molar-refractivity contribution in [2.24, 2.45) is 0 Å². The molecule has 44 heavy (non-hydrogen) atoms. The smallest absolute Gasteiger partial charge is 0.424 e. The molecule has 236 valence electrons. The standard InChI is InChI=1S/C30H31F4N3O7/c1-16(38)13-43-22-10-7-19(11-23(22)42-4)27(40)35-14-29(41,30(32,33)34)24-12-21-26(44-15-28(21,3)37-17(2)39)25(36-24)18-5-8-20(31)9-6-18/h5-12,16,38,41H,13-15H2,1-4H3,(H,35,40)(H,37,39)/t16-,28-,29?/m1/s1. The van der Waals surface area contributed by atoms with Crippen molar-refractivity contribution in [1.82, 2.24) is 15.6 Å². The molecule has 1 aromatic heterocycles. The number of carbonyl (C=O) groups excluding carboxylic acids is 2. The number of benzene rings is 2. The number of hydrogen-bond donors (Lipinski definition) is 4. The second-order valence-electron chi connectivity index (χ2n) is 10.6. The number of amides is 2. The summed E-state index contributed by atoms with van der Waals surface area (Å²) >= 11 is 0. The number of alkyl halides is 3. The summed E-state index contributed by atoms with van der Waals surface area (Å²) < 4.78 is 74.0. The van der Waals surface area contributed by atoms with Gasteiger partial charge in [-0.25, -0.2) is 9.37 Å². The Morgan fingerprint density at radius 2 is 1.82 bits per heavy atom. The van der Waals surface area contributed by atoms with Crippen LogP contribution in [-0.2, 0) is 15.9 Å². The third-order valence-corrected chi connectivity index (χ3v) is 6.95. The van der Waals surface area contributed by atoms with Crippen molar-refractivity contribution in [1.29, 1.82) is 0 Å². The first-order chi connectivity index (χ1) is 20.6. The number of hydrogen-bond acceptors (Lipinski definition) is 8. The van der Waals surface area contributed by atoms with E-state index in [0.717, 1.165) is 18.2 Å². The molecular formula is C30H31F4N3O7. The second kappa shape index (κ2) is 12.3. The molecule has 2 heterocycles. The fourth-order valence-corrected chi connectivity index (χ4v) is 4.68. The number of nitrogens with zero attached hydrogens (tertiary/aromatic N) is 1. The summed E-state index contributed by atoms with van der Waals surface area (Å²) in [6, 6.07) is 9.58.